The first-order valence-electron chi connectivity index (χ1n) is 18.3. The number of aromatic nitrogens is 1. The quantitative estimate of drug-likeness (QED) is 0.148. The molecule has 2 amide bonds. The lowest BCUT2D eigenvalue weighted by molar-refractivity contribution is -0.141. The van der Waals surface area contributed by atoms with Crippen LogP contribution in [0.3, 0.4) is 0 Å². The summed E-state index contributed by atoms with van der Waals surface area (Å²) < 4.78 is 46.5. The van der Waals surface area contributed by atoms with E-state index in [4.69, 9.17) is 16.3 Å². The van der Waals surface area contributed by atoms with Gasteiger partial charge in [-0.05, 0) is 65.8 Å². The third kappa shape index (κ3) is 6.05. The minimum absolute atomic E-state index is 0.0349. The van der Waals surface area contributed by atoms with Crippen LogP contribution >= 0.6 is 11.6 Å². The fraction of sp³-hybridized carbons (Fsp3) is 0.250. The largest absolute Gasteiger partial charge is 0.504 e. The molecule has 4 aliphatic rings. The molecule has 0 radical (unpaired) electrons. The SMILES string of the molecule is COc1cc(C=CC2C3=CCC4C(=O)N(N(C)c5nc(C(F)(F)F)ccc5Cl)C(=O)C4C3CC3C(=O)C(c4ccccc4)=CC(=O)C23c2ccccc2)ccc1O. The number of phenolic OH excluding ortho intramolecular Hbond substituents is 1. The zero-order valence-electron chi connectivity index (χ0n) is 30.6. The maximum atomic E-state index is 15.1. The zero-order chi connectivity index (χ0) is 40.4. The molecule has 2 heterocycles. The van der Waals surface area contributed by atoms with Crippen LogP contribution in [0.25, 0.3) is 11.6 Å². The lowest BCUT2D eigenvalue weighted by Gasteiger charge is -2.54. The van der Waals surface area contributed by atoms with Crippen molar-refractivity contribution in [2.75, 3.05) is 19.2 Å². The Morgan fingerprint density at radius 1 is 0.947 bits per heavy atom. The number of aromatic hydroxyl groups is 1. The molecule has 1 N–H and O–H groups in total. The summed E-state index contributed by atoms with van der Waals surface area (Å²) in [6, 6.07) is 24.4. The number of methoxy groups -OCH3 is 1. The van der Waals surface area contributed by atoms with Crippen molar-refractivity contribution in [3.8, 4) is 11.5 Å². The molecular weight excluding hydrogens is 759 g/mol. The van der Waals surface area contributed by atoms with Crippen LogP contribution < -0.4 is 9.75 Å². The smallest absolute Gasteiger partial charge is 0.433 e. The maximum Gasteiger partial charge on any atom is 0.433 e. The Hall–Kier alpha value is -6.01. The molecule has 57 heavy (non-hydrogen) atoms. The lowest BCUT2D eigenvalue weighted by atomic mass is 9.45. The molecule has 3 aromatic carbocycles. The molecule has 8 rings (SSSR count). The van der Waals surface area contributed by atoms with Crippen LogP contribution in [0.2, 0.25) is 5.02 Å². The predicted octanol–water partition coefficient (Wildman–Crippen LogP) is 7.89. The van der Waals surface area contributed by atoms with E-state index in [0.29, 0.717) is 28.3 Å². The third-order valence-electron chi connectivity index (χ3n) is 11.8. The molecule has 13 heteroatoms. The highest BCUT2D eigenvalue weighted by molar-refractivity contribution is 6.33. The van der Waals surface area contributed by atoms with Crippen molar-refractivity contribution in [3.63, 3.8) is 0 Å². The summed E-state index contributed by atoms with van der Waals surface area (Å²) >= 11 is 6.32. The molecule has 9 nitrogen and oxygen atoms in total. The molecular formula is C44H35ClF3N3O6. The van der Waals surface area contributed by atoms with Crippen LogP contribution in [0.1, 0.15) is 35.2 Å². The first-order chi connectivity index (χ1) is 27.3. The molecule has 1 saturated carbocycles. The lowest BCUT2D eigenvalue weighted by Crippen LogP contribution is -2.59. The average Bonchev–Trinajstić information content (AvgIpc) is 3.47. The van der Waals surface area contributed by atoms with Crippen molar-refractivity contribution in [1.29, 1.82) is 0 Å². The molecule has 6 unspecified atom stereocenters. The van der Waals surface area contributed by atoms with Gasteiger partial charge in [0.1, 0.15) is 5.69 Å². The summed E-state index contributed by atoms with van der Waals surface area (Å²) in [6.07, 6.45) is 2.23. The van der Waals surface area contributed by atoms with Gasteiger partial charge in [-0.15, -0.1) is 0 Å². The first kappa shape index (κ1) is 37.9. The van der Waals surface area contributed by atoms with Crippen molar-refractivity contribution in [2.45, 2.75) is 24.4 Å². The van der Waals surface area contributed by atoms with Crippen LogP contribution in [0.15, 0.2) is 115 Å². The van der Waals surface area contributed by atoms with Gasteiger partial charge >= 0.3 is 6.18 Å². The van der Waals surface area contributed by atoms with Crippen molar-refractivity contribution in [3.05, 3.63) is 142 Å². The maximum absolute atomic E-state index is 15.1. The Bertz CT molecular complexity index is 2420. The molecule has 1 aromatic heterocycles. The Labute approximate surface area is 330 Å². The summed E-state index contributed by atoms with van der Waals surface area (Å²) in [7, 11) is 2.68. The number of pyridine rings is 1. The zero-order valence-corrected chi connectivity index (χ0v) is 31.4. The summed E-state index contributed by atoms with van der Waals surface area (Å²) in [5.41, 5.74) is 0.0237. The van der Waals surface area contributed by atoms with E-state index in [-0.39, 0.29) is 46.5 Å². The van der Waals surface area contributed by atoms with Gasteiger partial charge in [-0.2, -0.15) is 18.2 Å². The van der Waals surface area contributed by atoms with Crippen LogP contribution in [-0.4, -0.2) is 52.6 Å². The topological polar surface area (TPSA) is 117 Å². The Morgan fingerprint density at radius 3 is 2.33 bits per heavy atom. The fourth-order valence-electron chi connectivity index (χ4n) is 9.32. The van der Waals surface area contributed by atoms with Crippen molar-refractivity contribution < 1.29 is 42.2 Å². The highest BCUT2D eigenvalue weighted by Crippen LogP contribution is 2.61. The number of ketones is 2. The number of alkyl halides is 3. The Balaban J connectivity index is 1.28. The summed E-state index contributed by atoms with van der Waals surface area (Å²) in [5, 5.41) is 11.8. The highest BCUT2D eigenvalue weighted by Gasteiger charge is 2.65. The molecule has 3 aliphatic carbocycles. The number of allylic oxidation sites excluding steroid dienone is 5. The molecule has 2 fully saturated rings. The second kappa shape index (κ2) is 14.2. The number of halogens is 4. The van der Waals surface area contributed by atoms with E-state index in [1.807, 2.05) is 30.4 Å². The Morgan fingerprint density at radius 2 is 1.65 bits per heavy atom. The van der Waals surface area contributed by atoms with Gasteiger partial charge in [-0.3, -0.25) is 24.2 Å². The molecule has 0 bridgehead atoms. The van der Waals surface area contributed by atoms with E-state index in [1.165, 1.54) is 26.3 Å². The highest BCUT2D eigenvalue weighted by atomic mass is 35.5. The van der Waals surface area contributed by atoms with E-state index < -0.39 is 64.5 Å². The van der Waals surface area contributed by atoms with Crippen molar-refractivity contribution in [2.24, 2.45) is 29.6 Å². The standard InChI is InChI=1S/C44H35ClF3N3O6/c1-50(40-33(45)18-20-36(49-40)44(46,47)48)51-41(55)28-16-15-27-30(38(28)42(51)56)22-32-39(54)29(25-9-5-3-6-10-25)23-37(53)43(32,26-11-7-4-8-12-26)31(27)17-13-24-14-19-34(52)35(21-24)57-2/h3-15,17-21,23,28,30-32,38,52H,16,22H2,1-2H3. The number of phenols is 1. The number of fused-ring (bicyclic) bond motifs is 4. The molecule has 1 aliphatic heterocycles. The number of anilines is 1. The summed E-state index contributed by atoms with van der Waals surface area (Å²) in [6.45, 7) is 0. The number of imide groups is 1. The number of hydrazine groups is 1. The average molecular weight is 794 g/mol. The van der Waals surface area contributed by atoms with E-state index in [0.717, 1.165) is 16.1 Å². The second-order valence-electron chi connectivity index (χ2n) is 14.6. The summed E-state index contributed by atoms with van der Waals surface area (Å²) in [4.78, 5) is 62.7. The number of carbonyl (C=O) groups excluding carboxylic acids is 4. The third-order valence-corrected chi connectivity index (χ3v) is 12.1. The monoisotopic (exact) mass is 793 g/mol. The van der Waals surface area contributed by atoms with E-state index >= 15 is 9.59 Å². The van der Waals surface area contributed by atoms with Crippen LogP contribution in [-0.2, 0) is 30.8 Å². The Kier molecular flexibility index (Phi) is 9.43. The number of rotatable bonds is 7. The van der Waals surface area contributed by atoms with E-state index in [9.17, 15) is 27.9 Å². The van der Waals surface area contributed by atoms with E-state index in [2.05, 4.69) is 4.98 Å². The van der Waals surface area contributed by atoms with Crippen LogP contribution in [0.5, 0.6) is 11.5 Å². The molecule has 290 valence electrons. The van der Waals surface area contributed by atoms with Crippen molar-refractivity contribution in [1.82, 2.24) is 9.99 Å². The first-order valence-corrected chi connectivity index (χ1v) is 18.7. The van der Waals surface area contributed by atoms with Gasteiger partial charge in [0.05, 0.1) is 29.4 Å². The fourth-order valence-corrected chi connectivity index (χ4v) is 9.54. The second-order valence-corrected chi connectivity index (χ2v) is 15.0. The molecule has 6 atom stereocenters. The minimum atomic E-state index is -4.82. The van der Waals surface area contributed by atoms with Gasteiger partial charge in [0.15, 0.2) is 28.9 Å². The van der Waals surface area contributed by atoms with Gasteiger partial charge in [-0.25, -0.2) is 4.98 Å². The van der Waals surface area contributed by atoms with E-state index in [1.54, 1.807) is 60.7 Å². The van der Waals surface area contributed by atoms with Gasteiger partial charge in [0.2, 0.25) is 0 Å². The van der Waals surface area contributed by atoms with Gasteiger partial charge in [0, 0.05) is 24.5 Å². The number of nitrogens with zero attached hydrogens (tertiary/aromatic N) is 3. The minimum Gasteiger partial charge on any atom is -0.504 e. The van der Waals surface area contributed by atoms with Crippen LogP contribution in [0.4, 0.5) is 19.0 Å². The molecule has 0 spiro atoms. The number of hydrogen-bond acceptors (Lipinski definition) is 8. The van der Waals surface area contributed by atoms with Crippen LogP contribution in [0, 0.1) is 29.6 Å². The number of benzene rings is 3. The van der Waals surface area contributed by atoms with Crippen molar-refractivity contribution >= 4 is 52.4 Å². The normalized spacial score (nSPS) is 25.8. The molecule has 4 aromatic rings. The van der Waals surface area contributed by atoms with Gasteiger partial charge in [0.25, 0.3) is 11.8 Å². The number of Topliss-reactive ketones (excluding diaryl/α,β-unsaturated/α-hetero) is 1. The number of carbonyl (C=O) groups is 4. The summed E-state index contributed by atoms with van der Waals surface area (Å²) in [5.74, 6) is -6.62. The number of amides is 2. The number of hydrogen-bond donors (Lipinski definition) is 1. The number of ether oxygens (including phenoxy) is 1. The van der Waals surface area contributed by atoms with Gasteiger partial charge in [-0.1, -0.05) is 102 Å². The predicted molar refractivity (Wildman–Crippen MR) is 206 cm³/mol. The molecule has 1 saturated heterocycles. The van der Waals surface area contributed by atoms with Gasteiger partial charge < -0.3 is 9.84 Å².